The van der Waals surface area contributed by atoms with Gasteiger partial charge in [0, 0.05) is 6.07 Å². The lowest BCUT2D eigenvalue weighted by molar-refractivity contribution is -0.140. The topological polar surface area (TPSA) is 119 Å². The molecule has 0 aliphatic rings. The van der Waals surface area contributed by atoms with Crippen LogP contribution in [0, 0.1) is 0 Å². The summed E-state index contributed by atoms with van der Waals surface area (Å²) in [6, 6.07) is 2.52. The third-order valence-electron chi connectivity index (χ3n) is 1.80. The Morgan fingerprint density at radius 2 is 2.12 bits per heavy atom. The predicted octanol–water partition coefficient (Wildman–Crippen LogP) is -1.45. The summed E-state index contributed by atoms with van der Waals surface area (Å²) in [5, 5.41) is 19.3. The van der Waals surface area contributed by atoms with Crippen LogP contribution < -0.4 is 10.9 Å². The maximum Gasteiger partial charge on any atom is 0.328 e. The summed E-state index contributed by atoms with van der Waals surface area (Å²) in [7, 11) is 0. The van der Waals surface area contributed by atoms with E-state index >= 15 is 0 Å². The van der Waals surface area contributed by atoms with E-state index in [4.69, 9.17) is 10.2 Å². The number of carbonyl (C=O) groups excluding carboxylic acids is 1. The van der Waals surface area contributed by atoms with Crippen LogP contribution in [0.25, 0.3) is 0 Å². The highest BCUT2D eigenvalue weighted by Gasteiger charge is 2.19. The van der Waals surface area contributed by atoms with Crippen LogP contribution in [0.2, 0.25) is 0 Å². The van der Waals surface area contributed by atoms with Crippen molar-refractivity contribution in [3.05, 3.63) is 34.2 Å². The quantitative estimate of drug-likeness (QED) is 0.500. The van der Waals surface area contributed by atoms with Crippen molar-refractivity contribution in [2.24, 2.45) is 0 Å². The molecule has 0 saturated heterocycles. The van der Waals surface area contributed by atoms with Crippen molar-refractivity contribution in [2.75, 3.05) is 6.61 Å². The highest BCUT2D eigenvalue weighted by Crippen LogP contribution is 1.92. The van der Waals surface area contributed by atoms with Crippen molar-refractivity contribution < 1.29 is 19.8 Å². The normalized spacial score (nSPS) is 11.8. The average molecular weight is 226 g/mol. The number of aliphatic carboxylic acids is 1. The second-order valence-electron chi connectivity index (χ2n) is 2.98. The van der Waals surface area contributed by atoms with Gasteiger partial charge in [0.25, 0.3) is 5.91 Å². The number of rotatable bonds is 4. The molecule has 1 aromatic rings. The van der Waals surface area contributed by atoms with Gasteiger partial charge in [-0.15, -0.1) is 0 Å². The van der Waals surface area contributed by atoms with Gasteiger partial charge in [-0.2, -0.15) is 0 Å². The van der Waals surface area contributed by atoms with E-state index in [2.05, 4.69) is 10.3 Å². The molecule has 1 atom stereocenters. The number of carboxylic acid groups (broad SMARTS) is 1. The Morgan fingerprint density at radius 3 is 2.62 bits per heavy atom. The van der Waals surface area contributed by atoms with Crippen molar-refractivity contribution in [2.45, 2.75) is 6.04 Å². The van der Waals surface area contributed by atoms with E-state index in [1.54, 1.807) is 0 Å². The zero-order chi connectivity index (χ0) is 12.1. The van der Waals surface area contributed by atoms with Gasteiger partial charge in [-0.25, -0.2) is 4.79 Å². The Kier molecular flexibility index (Phi) is 3.78. The van der Waals surface area contributed by atoms with Gasteiger partial charge in [0.05, 0.1) is 6.61 Å². The molecule has 0 spiro atoms. The van der Waals surface area contributed by atoms with Crippen molar-refractivity contribution in [1.29, 1.82) is 0 Å². The molecule has 1 amide bonds. The number of carbonyl (C=O) groups is 2. The number of hydrogen-bond donors (Lipinski definition) is 4. The molecular formula is C9H10N2O5. The molecule has 7 heteroatoms. The standard InChI is InChI=1S/C9H10N2O5/c12-4-6(9(15)16)11-8(14)5-2-1-3-7(13)10-5/h1-3,6,12H,4H2,(H,10,13)(H,11,14)(H,15,16). The van der Waals surface area contributed by atoms with Gasteiger partial charge >= 0.3 is 5.97 Å². The zero-order valence-corrected chi connectivity index (χ0v) is 8.14. The third-order valence-corrected chi connectivity index (χ3v) is 1.80. The first kappa shape index (κ1) is 11.9. The number of nitrogens with one attached hydrogen (secondary N) is 2. The largest absolute Gasteiger partial charge is 0.480 e. The Labute approximate surface area is 89.7 Å². The monoisotopic (exact) mass is 226 g/mol. The molecule has 1 aromatic heterocycles. The number of pyridine rings is 1. The minimum absolute atomic E-state index is 0.0628. The fourth-order valence-electron chi connectivity index (χ4n) is 1.00. The Bertz CT molecular complexity index is 453. The molecule has 0 fully saturated rings. The molecule has 0 aromatic carbocycles. The molecule has 1 unspecified atom stereocenters. The fourth-order valence-corrected chi connectivity index (χ4v) is 1.00. The molecule has 0 aliphatic carbocycles. The maximum absolute atomic E-state index is 11.4. The second-order valence-corrected chi connectivity index (χ2v) is 2.98. The lowest BCUT2D eigenvalue weighted by atomic mass is 10.3. The van der Waals surface area contributed by atoms with Crippen LogP contribution in [0.5, 0.6) is 0 Å². The van der Waals surface area contributed by atoms with E-state index in [9.17, 15) is 14.4 Å². The van der Waals surface area contributed by atoms with Crippen LogP contribution in [0.1, 0.15) is 10.5 Å². The SMILES string of the molecule is O=C(NC(CO)C(=O)O)c1cccc(=O)[nH]1. The summed E-state index contributed by atoms with van der Waals surface area (Å²) in [5.74, 6) is -2.12. The van der Waals surface area contributed by atoms with Crippen LogP contribution in [0.15, 0.2) is 23.0 Å². The molecule has 86 valence electrons. The molecule has 16 heavy (non-hydrogen) atoms. The summed E-state index contributed by atoms with van der Waals surface area (Å²) >= 11 is 0. The number of aliphatic hydroxyl groups excluding tert-OH is 1. The van der Waals surface area contributed by atoms with E-state index in [0.29, 0.717) is 0 Å². The van der Waals surface area contributed by atoms with Crippen LogP contribution >= 0.6 is 0 Å². The van der Waals surface area contributed by atoms with Crippen LogP contribution in [-0.2, 0) is 4.79 Å². The van der Waals surface area contributed by atoms with Gasteiger partial charge in [-0.1, -0.05) is 6.07 Å². The van der Waals surface area contributed by atoms with Gasteiger partial charge in [-0.05, 0) is 6.07 Å². The second kappa shape index (κ2) is 5.08. The Hall–Kier alpha value is -2.15. The van der Waals surface area contributed by atoms with Crippen molar-refractivity contribution in [3.63, 3.8) is 0 Å². The first-order valence-corrected chi connectivity index (χ1v) is 4.38. The van der Waals surface area contributed by atoms with Crippen molar-refractivity contribution in [3.8, 4) is 0 Å². The van der Waals surface area contributed by atoms with Crippen LogP contribution in [0.4, 0.5) is 0 Å². The Morgan fingerprint density at radius 1 is 1.44 bits per heavy atom. The number of hydrogen-bond acceptors (Lipinski definition) is 4. The van der Waals surface area contributed by atoms with Gasteiger partial charge in [0.1, 0.15) is 5.69 Å². The molecule has 0 bridgehead atoms. The van der Waals surface area contributed by atoms with Gasteiger partial charge < -0.3 is 20.5 Å². The minimum atomic E-state index is -1.39. The molecule has 0 radical (unpaired) electrons. The van der Waals surface area contributed by atoms with Crippen molar-refractivity contribution in [1.82, 2.24) is 10.3 Å². The molecule has 0 aliphatic heterocycles. The molecule has 4 N–H and O–H groups in total. The summed E-state index contributed by atoms with van der Waals surface area (Å²) in [6.07, 6.45) is 0. The van der Waals surface area contributed by atoms with E-state index in [1.807, 2.05) is 0 Å². The number of amides is 1. The first-order chi connectivity index (χ1) is 7.54. The van der Waals surface area contributed by atoms with Crippen LogP contribution in [-0.4, -0.2) is 39.7 Å². The summed E-state index contributed by atoms with van der Waals surface area (Å²) < 4.78 is 0. The van der Waals surface area contributed by atoms with E-state index in [1.165, 1.54) is 18.2 Å². The molecule has 1 rings (SSSR count). The third kappa shape index (κ3) is 2.92. The van der Waals surface area contributed by atoms with Gasteiger partial charge in [-0.3, -0.25) is 9.59 Å². The Balaban J connectivity index is 2.79. The lowest BCUT2D eigenvalue weighted by Gasteiger charge is -2.10. The number of carboxylic acids is 1. The highest BCUT2D eigenvalue weighted by atomic mass is 16.4. The van der Waals surface area contributed by atoms with Crippen molar-refractivity contribution >= 4 is 11.9 Å². The highest BCUT2D eigenvalue weighted by molar-refractivity contribution is 5.94. The predicted molar refractivity (Wildman–Crippen MR) is 53.0 cm³/mol. The minimum Gasteiger partial charge on any atom is -0.480 e. The zero-order valence-electron chi connectivity index (χ0n) is 8.14. The lowest BCUT2D eigenvalue weighted by Crippen LogP contribution is -2.43. The fraction of sp³-hybridized carbons (Fsp3) is 0.222. The number of aliphatic hydroxyl groups is 1. The molecule has 7 nitrogen and oxygen atoms in total. The number of aromatic nitrogens is 1. The molecule has 1 heterocycles. The summed E-state index contributed by atoms with van der Waals surface area (Å²) in [6.45, 7) is -0.724. The molecular weight excluding hydrogens is 216 g/mol. The maximum atomic E-state index is 11.4. The smallest absolute Gasteiger partial charge is 0.328 e. The summed E-state index contributed by atoms with van der Waals surface area (Å²) in [4.78, 5) is 35.0. The number of H-pyrrole nitrogens is 1. The van der Waals surface area contributed by atoms with E-state index in [-0.39, 0.29) is 5.69 Å². The summed E-state index contributed by atoms with van der Waals surface area (Å²) in [5.41, 5.74) is -0.532. The van der Waals surface area contributed by atoms with E-state index in [0.717, 1.165) is 0 Å². The van der Waals surface area contributed by atoms with Gasteiger partial charge in [0.2, 0.25) is 5.56 Å². The van der Waals surface area contributed by atoms with Crippen LogP contribution in [0.3, 0.4) is 0 Å². The average Bonchev–Trinajstić information content (AvgIpc) is 2.25. The van der Waals surface area contributed by atoms with Gasteiger partial charge in [0.15, 0.2) is 6.04 Å². The van der Waals surface area contributed by atoms with E-state index < -0.39 is 30.1 Å². The molecule has 0 saturated carbocycles. The first-order valence-electron chi connectivity index (χ1n) is 4.38. The number of aromatic amines is 1.